The monoisotopic (exact) mass is 201 g/mol. The zero-order valence-electron chi connectivity index (χ0n) is 9.17. The second kappa shape index (κ2) is 7.21. The molecule has 3 heteroatoms. The number of aliphatic hydroxyl groups is 1. The van der Waals surface area contributed by atoms with Crippen LogP contribution in [0.4, 0.5) is 0 Å². The molecule has 84 valence electrons. The number of hydrogen-bond donors (Lipinski definition) is 2. The summed E-state index contributed by atoms with van der Waals surface area (Å²) < 4.78 is 4.91. The highest BCUT2D eigenvalue weighted by Crippen LogP contribution is 2.28. The van der Waals surface area contributed by atoms with E-state index in [0.717, 1.165) is 25.5 Å². The molecule has 1 atom stereocenters. The zero-order valence-corrected chi connectivity index (χ0v) is 9.17. The summed E-state index contributed by atoms with van der Waals surface area (Å²) in [5.74, 6) is 0.772. The third-order valence-electron chi connectivity index (χ3n) is 2.94. The summed E-state index contributed by atoms with van der Waals surface area (Å²) in [5.41, 5.74) is 0. The Balaban J connectivity index is 1.95. The Hall–Kier alpha value is -0.120. The fourth-order valence-corrected chi connectivity index (χ4v) is 2.16. The van der Waals surface area contributed by atoms with Crippen molar-refractivity contribution in [3.63, 3.8) is 0 Å². The van der Waals surface area contributed by atoms with Crippen molar-refractivity contribution in [1.29, 1.82) is 0 Å². The molecule has 14 heavy (non-hydrogen) atoms. The Kier molecular flexibility index (Phi) is 6.15. The predicted octanol–water partition coefficient (Wildman–Crippen LogP) is 1.16. The van der Waals surface area contributed by atoms with E-state index >= 15 is 0 Å². The average molecular weight is 201 g/mol. The van der Waals surface area contributed by atoms with E-state index in [1.54, 1.807) is 7.11 Å². The minimum absolute atomic E-state index is 0.171. The Morgan fingerprint density at radius 1 is 1.43 bits per heavy atom. The summed E-state index contributed by atoms with van der Waals surface area (Å²) >= 11 is 0. The van der Waals surface area contributed by atoms with Crippen LogP contribution in [0.2, 0.25) is 0 Å². The lowest BCUT2D eigenvalue weighted by atomic mass is 10.0. The second-order valence-corrected chi connectivity index (χ2v) is 4.24. The standard InChI is InChI=1S/C11H23NO2/c1-14-7-6-12-9-11(13)8-10-4-2-3-5-10/h10-13H,2-9H2,1H3. The van der Waals surface area contributed by atoms with Gasteiger partial charge in [0.15, 0.2) is 0 Å². The molecule has 0 amide bonds. The van der Waals surface area contributed by atoms with Gasteiger partial charge in [0, 0.05) is 20.2 Å². The fourth-order valence-electron chi connectivity index (χ4n) is 2.16. The van der Waals surface area contributed by atoms with E-state index in [1.807, 2.05) is 0 Å². The van der Waals surface area contributed by atoms with Gasteiger partial charge in [-0.2, -0.15) is 0 Å². The lowest BCUT2D eigenvalue weighted by Gasteiger charge is -2.15. The maximum absolute atomic E-state index is 9.71. The third kappa shape index (κ3) is 4.94. The normalized spacial score (nSPS) is 20.1. The molecule has 0 aliphatic heterocycles. The SMILES string of the molecule is COCCNCC(O)CC1CCCC1. The van der Waals surface area contributed by atoms with Crippen molar-refractivity contribution in [2.75, 3.05) is 26.8 Å². The van der Waals surface area contributed by atoms with Crippen LogP contribution in [0.5, 0.6) is 0 Å². The molecule has 2 N–H and O–H groups in total. The molecular weight excluding hydrogens is 178 g/mol. The number of methoxy groups -OCH3 is 1. The third-order valence-corrected chi connectivity index (χ3v) is 2.94. The number of nitrogens with one attached hydrogen (secondary N) is 1. The molecule has 1 aliphatic rings. The Morgan fingerprint density at radius 3 is 2.79 bits per heavy atom. The molecule has 1 aliphatic carbocycles. The lowest BCUT2D eigenvalue weighted by molar-refractivity contribution is 0.135. The van der Waals surface area contributed by atoms with Gasteiger partial charge in [0.2, 0.25) is 0 Å². The molecule has 1 unspecified atom stereocenters. The van der Waals surface area contributed by atoms with Gasteiger partial charge in [0.1, 0.15) is 0 Å². The van der Waals surface area contributed by atoms with E-state index in [0.29, 0.717) is 6.54 Å². The van der Waals surface area contributed by atoms with Crippen LogP contribution in [0.25, 0.3) is 0 Å². The zero-order chi connectivity index (χ0) is 10.2. The molecule has 0 heterocycles. The lowest BCUT2D eigenvalue weighted by Crippen LogP contribution is -2.30. The smallest absolute Gasteiger partial charge is 0.0667 e. The number of rotatable bonds is 7. The van der Waals surface area contributed by atoms with Crippen molar-refractivity contribution < 1.29 is 9.84 Å². The van der Waals surface area contributed by atoms with Gasteiger partial charge in [-0.05, 0) is 12.3 Å². The van der Waals surface area contributed by atoms with E-state index in [1.165, 1.54) is 25.7 Å². The van der Waals surface area contributed by atoms with E-state index in [2.05, 4.69) is 5.32 Å². The minimum Gasteiger partial charge on any atom is -0.392 e. The molecule has 1 saturated carbocycles. The molecular formula is C11H23NO2. The summed E-state index contributed by atoms with van der Waals surface area (Å²) in [5, 5.41) is 12.9. The summed E-state index contributed by atoms with van der Waals surface area (Å²) in [7, 11) is 1.69. The average Bonchev–Trinajstić information content (AvgIpc) is 2.65. The van der Waals surface area contributed by atoms with E-state index in [9.17, 15) is 5.11 Å². The number of hydrogen-bond acceptors (Lipinski definition) is 3. The van der Waals surface area contributed by atoms with Gasteiger partial charge in [-0.1, -0.05) is 25.7 Å². The highest BCUT2D eigenvalue weighted by Gasteiger charge is 2.18. The van der Waals surface area contributed by atoms with Gasteiger partial charge in [-0.25, -0.2) is 0 Å². The maximum atomic E-state index is 9.71. The van der Waals surface area contributed by atoms with Gasteiger partial charge in [-0.3, -0.25) is 0 Å². The van der Waals surface area contributed by atoms with Crippen LogP contribution in [-0.4, -0.2) is 38.0 Å². The van der Waals surface area contributed by atoms with Crippen LogP contribution in [0.15, 0.2) is 0 Å². The number of aliphatic hydroxyl groups excluding tert-OH is 1. The molecule has 0 saturated heterocycles. The molecule has 0 spiro atoms. The first kappa shape index (κ1) is 12.0. The quantitative estimate of drug-likeness (QED) is 0.607. The molecule has 0 radical (unpaired) electrons. The maximum Gasteiger partial charge on any atom is 0.0667 e. The Labute approximate surface area is 86.8 Å². The first-order chi connectivity index (χ1) is 6.83. The van der Waals surface area contributed by atoms with Gasteiger partial charge >= 0.3 is 0 Å². The van der Waals surface area contributed by atoms with Gasteiger partial charge in [-0.15, -0.1) is 0 Å². The van der Waals surface area contributed by atoms with Crippen molar-refractivity contribution >= 4 is 0 Å². The first-order valence-electron chi connectivity index (χ1n) is 5.70. The van der Waals surface area contributed by atoms with Gasteiger partial charge < -0.3 is 15.2 Å². The molecule has 1 rings (SSSR count). The summed E-state index contributed by atoms with van der Waals surface area (Å²) in [6.07, 6.45) is 6.14. The summed E-state index contributed by atoms with van der Waals surface area (Å²) in [4.78, 5) is 0. The van der Waals surface area contributed by atoms with Crippen molar-refractivity contribution in [3.8, 4) is 0 Å². The van der Waals surface area contributed by atoms with Crippen molar-refractivity contribution in [2.24, 2.45) is 5.92 Å². The highest BCUT2D eigenvalue weighted by molar-refractivity contribution is 4.72. The van der Waals surface area contributed by atoms with Gasteiger partial charge in [0.25, 0.3) is 0 Å². The van der Waals surface area contributed by atoms with Crippen LogP contribution in [-0.2, 0) is 4.74 Å². The van der Waals surface area contributed by atoms with E-state index in [-0.39, 0.29) is 6.10 Å². The van der Waals surface area contributed by atoms with Crippen LogP contribution in [0.1, 0.15) is 32.1 Å². The summed E-state index contributed by atoms with van der Waals surface area (Å²) in [6, 6.07) is 0. The van der Waals surface area contributed by atoms with Gasteiger partial charge in [0.05, 0.1) is 12.7 Å². The second-order valence-electron chi connectivity index (χ2n) is 4.24. The summed E-state index contributed by atoms with van der Waals surface area (Å²) in [6.45, 7) is 2.26. The topological polar surface area (TPSA) is 41.5 Å². The van der Waals surface area contributed by atoms with Crippen LogP contribution in [0, 0.1) is 5.92 Å². The van der Waals surface area contributed by atoms with E-state index < -0.39 is 0 Å². The predicted molar refractivity (Wildman–Crippen MR) is 57.3 cm³/mol. The van der Waals surface area contributed by atoms with Crippen LogP contribution >= 0.6 is 0 Å². The fraction of sp³-hybridized carbons (Fsp3) is 1.00. The van der Waals surface area contributed by atoms with Crippen molar-refractivity contribution in [1.82, 2.24) is 5.32 Å². The number of ether oxygens (including phenoxy) is 1. The van der Waals surface area contributed by atoms with Crippen LogP contribution in [0.3, 0.4) is 0 Å². The molecule has 3 nitrogen and oxygen atoms in total. The van der Waals surface area contributed by atoms with E-state index in [4.69, 9.17) is 4.74 Å². The Morgan fingerprint density at radius 2 is 2.14 bits per heavy atom. The van der Waals surface area contributed by atoms with Crippen molar-refractivity contribution in [2.45, 2.75) is 38.2 Å². The molecule has 0 aromatic carbocycles. The first-order valence-corrected chi connectivity index (χ1v) is 5.70. The largest absolute Gasteiger partial charge is 0.392 e. The molecule has 1 fully saturated rings. The van der Waals surface area contributed by atoms with Crippen LogP contribution < -0.4 is 5.32 Å². The molecule has 0 aromatic rings. The van der Waals surface area contributed by atoms with Crippen molar-refractivity contribution in [3.05, 3.63) is 0 Å². The molecule has 0 aromatic heterocycles. The minimum atomic E-state index is -0.171. The highest BCUT2D eigenvalue weighted by atomic mass is 16.5. The molecule has 0 bridgehead atoms. The Bertz CT molecular complexity index is 135.